The molecule has 3 N–H and O–H groups in total. The van der Waals surface area contributed by atoms with Crippen molar-refractivity contribution in [1.82, 2.24) is 29.9 Å². The van der Waals surface area contributed by atoms with Crippen LogP contribution in [0.3, 0.4) is 0 Å². The number of hydrogen-bond donors (Lipinski definition) is 3. The largest absolute Gasteiger partial charge is 0.309 e. The molecule has 0 saturated heterocycles. The van der Waals surface area contributed by atoms with E-state index in [1.807, 2.05) is 42.6 Å². The second kappa shape index (κ2) is 6.81. The van der Waals surface area contributed by atoms with E-state index >= 15 is 0 Å². The molecule has 2 aliphatic rings. The number of amides is 1. The average Bonchev–Trinajstić information content (AvgIpc) is 3.23. The van der Waals surface area contributed by atoms with E-state index in [0.29, 0.717) is 18.0 Å². The molecule has 0 bridgehead atoms. The highest BCUT2D eigenvalue weighted by molar-refractivity contribution is 5.93. The molecule has 4 heterocycles. The molecule has 1 aliphatic carbocycles. The van der Waals surface area contributed by atoms with E-state index in [9.17, 15) is 4.79 Å². The smallest absolute Gasteiger partial charge is 0.228 e. The molecule has 10 nitrogen and oxygen atoms in total. The predicted octanol–water partition coefficient (Wildman–Crippen LogP) is 2.33. The number of nitrogens with one attached hydrogen (secondary N) is 3. The Morgan fingerprint density at radius 1 is 1.19 bits per heavy atom. The van der Waals surface area contributed by atoms with Gasteiger partial charge >= 0.3 is 0 Å². The van der Waals surface area contributed by atoms with Crippen LogP contribution in [0.1, 0.15) is 18.5 Å². The van der Waals surface area contributed by atoms with Gasteiger partial charge in [0.2, 0.25) is 5.91 Å². The zero-order valence-corrected chi connectivity index (χ0v) is 16.9. The van der Waals surface area contributed by atoms with Gasteiger partial charge in [-0.1, -0.05) is 6.07 Å². The molecule has 6 rings (SSSR count). The number of benzene rings is 1. The summed E-state index contributed by atoms with van der Waals surface area (Å²) < 4.78 is 3.50. The minimum Gasteiger partial charge on any atom is -0.309 e. The number of carbonyl (C=O) groups excluding carboxylic acids is 1. The monoisotopic (exact) mass is 415 g/mol. The maximum absolute atomic E-state index is 12.0. The molecule has 0 spiro atoms. The zero-order chi connectivity index (χ0) is 20.9. The summed E-state index contributed by atoms with van der Waals surface area (Å²) in [7, 11) is 1.91. The maximum atomic E-state index is 12.0. The summed E-state index contributed by atoms with van der Waals surface area (Å²) >= 11 is 0. The number of imidazole rings is 1. The Morgan fingerprint density at radius 3 is 2.90 bits per heavy atom. The first-order valence-corrected chi connectivity index (χ1v) is 10.2. The van der Waals surface area contributed by atoms with Crippen LogP contribution in [-0.4, -0.2) is 30.3 Å². The number of hydrogen-bond acceptors (Lipinski definition) is 7. The van der Waals surface area contributed by atoms with Crippen LogP contribution in [0.25, 0.3) is 16.8 Å². The minimum atomic E-state index is 0.0389. The molecule has 1 fully saturated rings. The van der Waals surface area contributed by atoms with E-state index < -0.39 is 0 Å². The number of nitrogens with zero attached hydrogens (tertiary/aromatic N) is 6. The van der Waals surface area contributed by atoms with Crippen molar-refractivity contribution in [1.29, 1.82) is 0 Å². The third-order valence-electron chi connectivity index (χ3n) is 5.55. The third-order valence-corrected chi connectivity index (χ3v) is 5.55. The molecular weight excluding hydrogens is 394 g/mol. The van der Waals surface area contributed by atoms with Crippen LogP contribution in [0, 0.1) is 5.92 Å². The number of anilines is 3. The van der Waals surface area contributed by atoms with Gasteiger partial charge in [0.05, 0.1) is 36.0 Å². The van der Waals surface area contributed by atoms with Crippen LogP contribution < -0.4 is 21.3 Å². The molecule has 10 heteroatoms. The molecule has 1 amide bonds. The second-order valence-corrected chi connectivity index (χ2v) is 7.97. The Labute approximate surface area is 177 Å². The Morgan fingerprint density at radius 2 is 2.10 bits per heavy atom. The van der Waals surface area contributed by atoms with Gasteiger partial charge in [-0.15, -0.1) is 5.53 Å². The molecule has 1 aliphatic heterocycles. The number of aryl methyl sites for hydroxylation is 1. The molecule has 3 aromatic heterocycles. The van der Waals surface area contributed by atoms with Gasteiger partial charge in [-0.2, -0.15) is 10.2 Å². The molecule has 0 unspecified atom stereocenters. The van der Waals surface area contributed by atoms with E-state index in [1.165, 1.54) is 0 Å². The van der Waals surface area contributed by atoms with Gasteiger partial charge in [-0.05, 0) is 42.7 Å². The number of hydrazine groups is 2. The van der Waals surface area contributed by atoms with Crippen molar-refractivity contribution in [2.45, 2.75) is 19.4 Å². The molecule has 1 saturated carbocycles. The Hall–Kier alpha value is -3.92. The van der Waals surface area contributed by atoms with Gasteiger partial charge in [0, 0.05) is 24.7 Å². The van der Waals surface area contributed by atoms with Crippen molar-refractivity contribution < 1.29 is 4.79 Å². The van der Waals surface area contributed by atoms with Crippen molar-refractivity contribution in [3.8, 4) is 11.1 Å². The number of carbonyl (C=O) groups is 1. The van der Waals surface area contributed by atoms with Crippen LogP contribution in [-0.2, 0) is 18.4 Å². The lowest BCUT2D eigenvalue weighted by Gasteiger charge is -2.17. The van der Waals surface area contributed by atoms with Gasteiger partial charge in [-0.25, -0.2) is 9.50 Å². The number of aromatic nitrogens is 5. The number of rotatable bonds is 5. The van der Waals surface area contributed by atoms with Crippen molar-refractivity contribution in [3.05, 3.63) is 54.6 Å². The van der Waals surface area contributed by atoms with Crippen LogP contribution in [0.15, 0.2) is 48.9 Å². The second-order valence-electron chi connectivity index (χ2n) is 7.97. The fourth-order valence-electron chi connectivity index (χ4n) is 3.73. The molecule has 0 atom stereocenters. The van der Waals surface area contributed by atoms with E-state index in [4.69, 9.17) is 0 Å². The van der Waals surface area contributed by atoms with Crippen molar-refractivity contribution >= 4 is 28.7 Å². The lowest BCUT2D eigenvalue weighted by Crippen LogP contribution is -2.35. The fourth-order valence-corrected chi connectivity index (χ4v) is 3.73. The van der Waals surface area contributed by atoms with Gasteiger partial charge in [-0.3, -0.25) is 14.5 Å². The predicted molar refractivity (Wildman–Crippen MR) is 116 cm³/mol. The first kappa shape index (κ1) is 17.9. The van der Waals surface area contributed by atoms with Crippen molar-refractivity contribution in [2.75, 3.05) is 15.8 Å². The van der Waals surface area contributed by atoms with E-state index in [-0.39, 0.29) is 11.8 Å². The van der Waals surface area contributed by atoms with E-state index in [1.54, 1.807) is 15.4 Å². The quantitative estimate of drug-likeness (QED) is 0.460. The third kappa shape index (κ3) is 3.36. The zero-order valence-electron chi connectivity index (χ0n) is 16.9. The molecular formula is C21H21N9O. The Kier molecular flexibility index (Phi) is 3.93. The highest BCUT2D eigenvalue weighted by Gasteiger charge is 2.30. The maximum Gasteiger partial charge on any atom is 0.228 e. The standard InChI is InChI=1S/C21H21N9O/c1-28-10-15(9-22-28)14-4-6-17-18(8-14)29(27-25-17)11-16-5-7-20-23-19(12-30(20)26-16)24-21(31)13-2-3-13/h4-10,12-13,25,27H,2-3,11H2,1H3,(H,24,31). The highest BCUT2D eigenvalue weighted by atomic mass is 16.2. The summed E-state index contributed by atoms with van der Waals surface area (Å²) in [6.07, 6.45) is 7.53. The summed E-state index contributed by atoms with van der Waals surface area (Å²) in [6, 6.07) is 10.1. The molecule has 4 aromatic rings. The lowest BCUT2D eigenvalue weighted by atomic mass is 10.1. The van der Waals surface area contributed by atoms with Gasteiger partial charge in [0.25, 0.3) is 0 Å². The molecule has 31 heavy (non-hydrogen) atoms. The summed E-state index contributed by atoms with van der Waals surface area (Å²) in [6.45, 7) is 0.550. The van der Waals surface area contributed by atoms with Crippen LogP contribution in [0.2, 0.25) is 0 Å². The number of fused-ring (bicyclic) bond motifs is 2. The summed E-state index contributed by atoms with van der Waals surface area (Å²) in [5.74, 6) is 0.713. The van der Waals surface area contributed by atoms with Gasteiger partial charge < -0.3 is 10.7 Å². The van der Waals surface area contributed by atoms with Crippen LogP contribution >= 0.6 is 0 Å². The topological polar surface area (TPSA) is 104 Å². The van der Waals surface area contributed by atoms with Crippen molar-refractivity contribution in [2.24, 2.45) is 13.0 Å². The normalized spacial score (nSPS) is 15.2. The van der Waals surface area contributed by atoms with Crippen LogP contribution in [0.4, 0.5) is 17.2 Å². The average molecular weight is 415 g/mol. The minimum absolute atomic E-state index is 0.0389. The van der Waals surface area contributed by atoms with E-state index in [0.717, 1.165) is 41.0 Å². The van der Waals surface area contributed by atoms with Gasteiger partial charge in [0.1, 0.15) is 0 Å². The molecule has 156 valence electrons. The lowest BCUT2D eigenvalue weighted by molar-refractivity contribution is -0.117. The molecule has 0 radical (unpaired) electrons. The van der Waals surface area contributed by atoms with Crippen LogP contribution in [0.5, 0.6) is 0 Å². The first-order valence-electron chi connectivity index (χ1n) is 10.2. The highest BCUT2D eigenvalue weighted by Crippen LogP contribution is 2.34. The fraction of sp³-hybridized carbons (Fsp3) is 0.238. The summed E-state index contributed by atoms with van der Waals surface area (Å²) in [5, 5.41) is 13.8. The van der Waals surface area contributed by atoms with Gasteiger partial charge in [0.15, 0.2) is 11.5 Å². The first-order chi connectivity index (χ1) is 15.1. The summed E-state index contributed by atoms with van der Waals surface area (Å²) in [4.78, 5) is 16.4. The van der Waals surface area contributed by atoms with Crippen molar-refractivity contribution in [3.63, 3.8) is 0 Å². The van der Waals surface area contributed by atoms with E-state index in [2.05, 4.69) is 43.6 Å². The molecule has 1 aromatic carbocycles. The Balaban J connectivity index is 1.24. The summed E-state index contributed by atoms with van der Waals surface area (Å²) in [5.41, 5.74) is 12.1. The SMILES string of the molecule is Cn1cc(-c2ccc3c(c2)N(Cc2ccc4nc(NC(=O)C5CC5)cn4n2)NN3)cn1. The Bertz CT molecular complexity index is 1300.